The smallest absolute Gasteiger partial charge is 0.338 e. The van der Waals surface area contributed by atoms with Crippen LogP contribution in [-0.4, -0.2) is 134 Å². The van der Waals surface area contributed by atoms with Crippen molar-refractivity contribution in [1.82, 2.24) is 4.90 Å². The second-order valence-corrected chi connectivity index (χ2v) is 45.5. The number of phosphoric ester groups is 4. The molecule has 5 fully saturated rings. The number of amides is 2. The fraction of sp³-hybridized carbons (Fsp3) is 0.272. The number of aromatic nitrogens is 2. The number of carbonyl (C=O) groups excluding carboxylic acids is 3. The zero-order valence-electron chi connectivity index (χ0n) is 79.5. The Labute approximate surface area is 847 Å². The van der Waals surface area contributed by atoms with E-state index in [4.69, 9.17) is 59.9 Å². The number of unbranched alkanes of at least 4 members (excludes halogenated alkanes) is 1. The molecule has 28 nitrogen and oxygen atoms in total. The number of hydrogen-bond donors (Lipinski definition) is 1. The van der Waals surface area contributed by atoms with E-state index >= 15 is 18.9 Å². The van der Waals surface area contributed by atoms with Crippen molar-refractivity contribution in [3.63, 3.8) is 0 Å². The van der Waals surface area contributed by atoms with Gasteiger partial charge in [-0.2, -0.15) is 0 Å². The molecule has 147 heavy (non-hydrogen) atoms. The van der Waals surface area contributed by atoms with E-state index in [0.29, 0.717) is 41.6 Å². The number of carbonyl (C=O) groups is 3. The minimum absolute atomic E-state index is 0.00509. The number of aliphatic hydroxyl groups is 1. The van der Waals surface area contributed by atoms with Crippen LogP contribution in [-0.2, 0) is 101 Å². The Hall–Kier alpha value is -11.6. The van der Waals surface area contributed by atoms with Crippen LogP contribution in [0, 0.1) is 0 Å². The molecule has 7 heterocycles. The summed E-state index contributed by atoms with van der Waals surface area (Å²) in [6.07, 6.45) is -6.64. The van der Waals surface area contributed by atoms with Crippen molar-refractivity contribution in [2.45, 2.75) is 136 Å². The van der Waals surface area contributed by atoms with E-state index in [-0.39, 0.29) is 69.2 Å². The van der Waals surface area contributed by atoms with Crippen molar-refractivity contribution in [3.8, 4) is 11.1 Å². The summed E-state index contributed by atoms with van der Waals surface area (Å²) < 4.78 is 142. The number of phosphoric acid groups is 4. The third-order valence-electron chi connectivity index (χ3n) is 29.7. The van der Waals surface area contributed by atoms with Gasteiger partial charge in [0.15, 0.2) is 31.3 Å². The van der Waals surface area contributed by atoms with Gasteiger partial charge in [-0.05, 0) is 200 Å². The van der Waals surface area contributed by atoms with Crippen LogP contribution in [0.5, 0.6) is 0 Å². The maximum atomic E-state index is 15.0. The van der Waals surface area contributed by atoms with Gasteiger partial charge in [-0.15, -0.1) is 11.8 Å². The van der Waals surface area contributed by atoms with Crippen molar-refractivity contribution < 1.29 is 126 Å². The molecule has 0 saturated carbocycles. The van der Waals surface area contributed by atoms with Gasteiger partial charge < -0.3 is 84.6 Å². The summed E-state index contributed by atoms with van der Waals surface area (Å²) in [4.78, 5) is 100. The van der Waals surface area contributed by atoms with Crippen LogP contribution in [0.4, 0.5) is 0 Å². The predicted octanol–water partition coefficient (Wildman–Crippen LogP) is 19.9. The molecule has 2 aromatic heterocycles. The Kier molecular flexibility index (Phi) is 26.6. The average Bonchev–Trinajstić information content (AvgIpc) is 1.69. The number of benzene rings is 17. The fourth-order valence-corrected chi connectivity index (χ4v) is 27.5. The molecule has 5 aliphatic heterocycles. The third-order valence-corrected chi connectivity index (χ3v) is 35.0. The van der Waals surface area contributed by atoms with Crippen LogP contribution in [0.3, 0.4) is 0 Å². The lowest BCUT2D eigenvalue weighted by Crippen LogP contribution is -2.34. The Morgan fingerprint density at radius 3 is 1.08 bits per heavy atom. The number of rotatable bonds is 37. The minimum atomic E-state index is -5.68. The number of nitrogens with zero attached hydrogens (tertiary/aromatic N) is 3. The molecule has 1 N–H and O–H groups in total. The highest BCUT2D eigenvalue weighted by Gasteiger charge is 2.48. The Morgan fingerprint density at radius 2 is 0.714 bits per heavy atom. The minimum Gasteiger partial charge on any atom is -0.756 e. The van der Waals surface area contributed by atoms with Crippen LogP contribution in [0.1, 0.15) is 114 Å². The van der Waals surface area contributed by atoms with Gasteiger partial charge in [0.05, 0.1) is 99.3 Å². The third kappa shape index (κ3) is 19.5. The number of ether oxygens (including phenoxy) is 5. The first kappa shape index (κ1) is 97.5. The van der Waals surface area contributed by atoms with Crippen LogP contribution in [0.25, 0.3) is 140 Å². The normalized spacial score (nSPS) is 23.3. The van der Waals surface area contributed by atoms with Crippen molar-refractivity contribution in [2.24, 2.45) is 7.05 Å². The van der Waals surface area contributed by atoms with E-state index in [1.807, 2.05) is 255 Å². The molecular weight excluding hydrogens is 1970 g/mol. The highest BCUT2D eigenvalue weighted by Crippen LogP contribution is 2.57. The van der Waals surface area contributed by atoms with Crippen molar-refractivity contribution >= 4 is 190 Å². The van der Waals surface area contributed by atoms with Gasteiger partial charge in [-0.25, -0.2) is 13.9 Å². The first-order chi connectivity index (χ1) is 71.3. The highest BCUT2D eigenvalue weighted by atomic mass is 32.2. The summed E-state index contributed by atoms with van der Waals surface area (Å²) in [5.74, 6) is -1.03. The number of likely N-dealkylation sites (tertiary alicyclic amines) is 1. The number of aryl methyl sites for hydroxylation is 1. The van der Waals surface area contributed by atoms with Gasteiger partial charge in [-0.1, -0.05) is 231 Å². The molecule has 0 radical (unpaired) electrons. The standard InChI is InChI=1S/C114H101N3O25P4S/c1-115-50-45-68(46-51-115)69-47-52-116(53-48-69)62-67-17-19-82(20-18-67)114(121)130-54-3-2-49-117-104(119)61-103(113(117)120)147-56-8-55-131-143(122,123)140-96-58-92(84-38-30-79-26-22-71-10-5-14-75-34-42-88(84)110(79)106(71)75)136-100(96)64-133-145(126,127)142-98-60-94(86-40-32-81-28-24-73-12-7-16-77-36-44-90(86)112(81)108(73)77)138-102(98)66-134-146(128,129)141-97-59-93(85-39-31-80-27-23-72-11-6-15-76-35-43-89(85)111(80)107(72)76)137-101(97)65-132-144(124,125)139-95-57-91(135-99(95)63-118)83-37-29-78-25-21-70-9-4-13-74-33-41-87(83)109(78)105(70)74/h4-7,9-48,50-53,91-103,118H,2-3,8,49,54-66H2,1H3,(H2-2,122,123,124,125,126,127,128,129)/p-2/t91-,92-,93-,94-,95-,96-,97-,98-,99-,100-,101-,102-,103?/m1/s1. The molecule has 5 unspecified atom stereocenters. The molecule has 5 aliphatic rings. The predicted molar refractivity (Wildman–Crippen MR) is 551 cm³/mol. The largest absolute Gasteiger partial charge is 0.756 e. The molecule has 2 amide bonds. The number of pyridine rings is 2. The van der Waals surface area contributed by atoms with Gasteiger partial charge in [0.1, 0.15) is 31.5 Å². The molecule has 33 heteroatoms. The summed E-state index contributed by atoms with van der Waals surface area (Å²) >= 11 is 1.19. The second kappa shape index (κ2) is 40.0. The van der Waals surface area contributed by atoms with E-state index in [9.17, 15) is 38.4 Å². The lowest BCUT2D eigenvalue weighted by Gasteiger charge is -2.33. The summed E-state index contributed by atoms with van der Waals surface area (Å²) in [5.41, 5.74) is 6.27. The first-order valence-corrected chi connectivity index (χ1v) is 56.3. The zero-order valence-corrected chi connectivity index (χ0v) is 83.9. The number of aliphatic hydroxyl groups excluding tert-OH is 1. The zero-order chi connectivity index (χ0) is 100. The van der Waals surface area contributed by atoms with Crippen LogP contribution >= 0.6 is 43.1 Å². The quantitative estimate of drug-likeness (QED) is 0.00943. The second-order valence-electron chi connectivity index (χ2n) is 38.8. The molecule has 5 saturated heterocycles. The van der Waals surface area contributed by atoms with E-state index in [1.165, 1.54) is 16.7 Å². The summed E-state index contributed by atoms with van der Waals surface area (Å²) in [6, 6.07) is 87.0. The van der Waals surface area contributed by atoms with Gasteiger partial charge in [-0.3, -0.25) is 32.7 Å². The molecule has 17 atom stereocenters. The van der Waals surface area contributed by atoms with Gasteiger partial charge in [0.25, 0.3) is 31.3 Å². The SMILES string of the molecule is C[n+]1ccc(-c2cc[n+](Cc3ccc(C(=O)OCCCCN4C(=O)CC(SCCCOP(=O)([O-])O[C@@H]5C[C@H](c6ccc7ccc8cccc9ccc6c7c89)O[C@@H]5COP(=O)([O-])O[C@@H]5C[C@H](c6ccc7ccc8cccc9ccc6c7c89)O[C@@H]5COP(=O)([O-])O[C@@H]5C[C@H](c6ccc7ccc8cccc9ccc6c7c89)O[C@@H]5COP(=O)([O-])O[C@@H]5C[C@H](c6ccc7ccc8cccc9ccc6c7c89)O[C@@H]5CO)C4=O)cc3)cc2)cc1. The molecule has 0 spiro atoms. The van der Waals surface area contributed by atoms with Crippen molar-refractivity contribution in [2.75, 3.05) is 51.9 Å². The number of thioether (sulfide) groups is 1. The van der Waals surface area contributed by atoms with Crippen LogP contribution in [0.15, 0.2) is 292 Å². The van der Waals surface area contributed by atoms with Gasteiger partial charge in [0.2, 0.25) is 11.8 Å². The number of hydrogen-bond acceptors (Lipinski definition) is 26. The Balaban J connectivity index is 0.449. The van der Waals surface area contributed by atoms with Gasteiger partial charge in [0, 0.05) is 68.5 Å². The Bertz CT molecular complexity index is 8420. The molecule has 19 aromatic rings. The summed E-state index contributed by atoms with van der Waals surface area (Å²) in [6.45, 7) is -2.84. The topological polar surface area (TPSA) is 363 Å². The fourth-order valence-electron chi connectivity index (χ4n) is 22.7. The molecule has 0 aliphatic carbocycles. The van der Waals surface area contributed by atoms with Crippen LogP contribution < -0.4 is 28.7 Å². The van der Waals surface area contributed by atoms with Crippen molar-refractivity contribution in [3.05, 3.63) is 325 Å². The van der Waals surface area contributed by atoms with E-state index in [0.717, 1.165) is 152 Å². The molecule has 748 valence electrons. The summed E-state index contributed by atoms with van der Waals surface area (Å²) in [5, 5.41) is 32.9. The van der Waals surface area contributed by atoms with E-state index < -0.39 is 149 Å². The van der Waals surface area contributed by atoms with Gasteiger partial charge >= 0.3 is 5.97 Å². The average molecular weight is 2070 g/mol. The van der Waals surface area contributed by atoms with Crippen LogP contribution in [0.2, 0.25) is 0 Å². The van der Waals surface area contributed by atoms with E-state index in [1.54, 1.807) is 12.1 Å². The lowest BCUT2D eigenvalue weighted by molar-refractivity contribution is -0.688. The number of esters is 1. The number of imide groups is 1. The maximum absolute atomic E-state index is 15.0. The maximum Gasteiger partial charge on any atom is 0.338 e. The highest BCUT2D eigenvalue weighted by molar-refractivity contribution is 8.00. The Morgan fingerprint density at radius 1 is 0.388 bits per heavy atom. The monoisotopic (exact) mass is 2070 g/mol. The first-order valence-electron chi connectivity index (χ1n) is 49.4. The lowest BCUT2D eigenvalue weighted by atomic mass is 9.90. The van der Waals surface area contributed by atoms with E-state index in [2.05, 4.69) is 41.0 Å². The van der Waals surface area contributed by atoms with Crippen molar-refractivity contribution in [1.29, 1.82) is 0 Å². The molecule has 24 rings (SSSR count). The molecule has 17 aromatic carbocycles. The summed E-state index contributed by atoms with van der Waals surface area (Å²) in [7, 11) is -20.1. The molecular formula is C114H99N3O25P4S-2. The molecule has 0 bridgehead atoms.